The highest BCUT2D eigenvalue weighted by Gasteiger charge is 2.20. The van der Waals surface area contributed by atoms with Gasteiger partial charge in [-0.1, -0.05) is 5.92 Å². The number of amides is 1. The monoisotopic (exact) mass is 234 g/mol. The summed E-state index contributed by atoms with van der Waals surface area (Å²) in [7, 11) is 1.75. The zero-order valence-electron chi connectivity index (χ0n) is 9.80. The summed E-state index contributed by atoms with van der Waals surface area (Å²) in [6.45, 7) is 1.45. The molecule has 0 aromatic carbocycles. The maximum Gasteiger partial charge on any atom is 0.323 e. The van der Waals surface area contributed by atoms with E-state index in [1.807, 2.05) is 6.92 Å². The maximum absolute atomic E-state index is 12.1. The van der Waals surface area contributed by atoms with Crippen molar-refractivity contribution in [2.45, 2.75) is 6.92 Å². The molecule has 1 aromatic rings. The van der Waals surface area contributed by atoms with Crippen molar-refractivity contribution in [1.82, 2.24) is 9.47 Å². The second-order valence-electron chi connectivity index (χ2n) is 3.68. The van der Waals surface area contributed by atoms with Crippen LogP contribution in [-0.4, -0.2) is 39.5 Å². The molecule has 1 amide bonds. The van der Waals surface area contributed by atoms with E-state index < -0.39 is 12.5 Å². The van der Waals surface area contributed by atoms with Crippen molar-refractivity contribution < 1.29 is 14.7 Å². The molecular weight excluding hydrogens is 220 g/mol. The van der Waals surface area contributed by atoms with E-state index in [9.17, 15) is 9.59 Å². The molecule has 0 spiro atoms. The fraction of sp³-hybridized carbons (Fsp3) is 0.333. The van der Waals surface area contributed by atoms with E-state index in [-0.39, 0.29) is 12.5 Å². The predicted octanol–water partition coefficient (Wildman–Crippen LogP) is 0.494. The molecule has 1 aromatic heterocycles. The molecule has 0 fully saturated rings. The number of carboxylic acid groups (broad SMARTS) is 1. The van der Waals surface area contributed by atoms with Crippen LogP contribution in [0.5, 0.6) is 0 Å². The molecule has 17 heavy (non-hydrogen) atoms. The number of aromatic nitrogens is 1. The zero-order chi connectivity index (χ0) is 13.0. The molecule has 1 heterocycles. The van der Waals surface area contributed by atoms with Crippen LogP contribution in [0, 0.1) is 19.3 Å². The second kappa shape index (κ2) is 5.21. The summed E-state index contributed by atoms with van der Waals surface area (Å²) in [5.41, 5.74) is 1.35. The van der Waals surface area contributed by atoms with Gasteiger partial charge in [-0.05, 0) is 19.1 Å². The molecular formula is C12H14N2O3. The lowest BCUT2D eigenvalue weighted by atomic mass is 10.3. The van der Waals surface area contributed by atoms with Gasteiger partial charge in [0.2, 0.25) is 0 Å². The van der Waals surface area contributed by atoms with Gasteiger partial charge in [0.05, 0.1) is 6.54 Å². The van der Waals surface area contributed by atoms with Crippen molar-refractivity contribution in [3.63, 3.8) is 0 Å². The average Bonchev–Trinajstić information content (AvgIpc) is 2.58. The normalized spacial score (nSPS) is 9.71. The summed E-state index contributed by atoms with van der Waals surface area (Å²) in [6.07, 6.45) is 5.12. The standard InChI is InChI=1S/C12H14N2O3/c1-4-7-14(8-11(15)16)12(17)10-6-5-9(2)13(10)3/h1,5-6H,7-8H2,2-3H3,(H,15,16). The van der Waals surface area contributed by atoms with E-state index in [4.69, 9.17) is 11.5 Å². The maximum atomic E-state index is 12.1. The first-order valence-electron chi connectivity index (χ1n) is 5.04. The number of aliphatic carboxylic acids is 1. The van der Waals surface area contributed by atoms with Crippen molar-refractivity contribution in [3.8, 4) is 12.3 Å². The Morgan fingerprint density at radius 2 is 2.18 bits per heavy atom. The molecule has 5 nitrogen and oxygen atoms in total. The van der Waals surface area contributed by atoms with E-state index in [0.717, 1.165) is 10.6 Å². The highest BCUT2D eigenvalue weighted by atomic mass is 16.4. The summed E-state index contributed by atoms with van der Waals surface area (Å²) in [4.78, 5) is 23.8. The minimum Gasteiger partial charge on any atom is -0.480 e. The Kier molecular flexibility index (Phi) is 3.94. The first-order valence-corrected chi connectivity index (χ1v) is 5.04. The van der Waals surface area contributed by atoms with Gasteiger partial charge >= 0.3 is 5.97 Å². The Morgan fingerprint density at radius 3 is 2.59 bits per heavy atom. The van der Waals surface area contributed by atoms with Gasteiger partial charge in [0.1, 0.15) is 12.2 Å². The lowest BCUT2D eigenvalue weighted by Gasteiger charge is -2.18. The number of nitrogens with zero attached hydrogens (tertiary/aromatic N) is 2. The molecule has 5 heteroatoms. The Bertz CT molecular complexity index is 482. The third-order valence-corrected chi connectivity index (χ3v) is 2.49. The van der Waals surface area contributed by atoms with Gasteiger partial charge in [0.15, 0.2) is 0 Å². The molecule has 0 aliphatic heterocycles. The second-order valence-corrected chi connectivity index (χ2v) is 3.68. The van der Waals surface area contributed by atoms with E-state index >= 15 is 0 Å². The van der Waals surface area contributed by atoms with Gasteiger partial charge in [0.25, 0.3) is 5.91 Å². The topological polar surface area (TPSA) is 62.5 Å². The first-order chi connectivity index (χ1) is 7.97. The molecule has 1 N–H and O–H groups in total. The number of aryl methyl sites for hydroxylation is 1. The van der Waals surface area contributed by atoms with Gasteiger partial charge in [-0.3, -0.25) is 9.59 Å². The van der Waals surface area contributed by atoms with E-state index in [0.29, 0.717) is 5.69 Å². The van der Waals surface area contributed by atoms with Crippen molar-refractivity contribution in [2.24, 2.45) is 7.05 Å². The number of terminal acetylenes is 1. The quantitative estimate of drug-likeness (QED) is 0.771. The highest BCUT2D eigenvalue weighted by Crippen LogP contribution is 2.09. The van der Waals surface area contributed by atoms with Crippen LogP contribution in [0.4, 0.5) is 0 Å². The zero-order valence-corrected chi connectivity index (χ0v) is 9.80. The molecule has 0 saturated heterocycles. The van der Waals surface area contributed by atoms with E-state index in [2.05, 4.69) is 5.92 Å². The van der Waals surface area contributed by atoms with Crippen LogP contribution in [0.15, 0.2) is 12.1 Å². The first kappa shape index (κ1) is 12.8. The molecule has 90 valence electrons. The van der Waals surface area contributed by atoms with Gasteiger partial charge in [0, 0.05) is 12.7 Å². The SMILES string of the molecule is C#CCN(CC(=O)O)C(=O)c1ccc(C)n1C. The molecule has 1 rings (SSSR count). The van der Waals surface area contributed by atoms with Gasteiger partial charge < -0.3 is 14.6 Å². The third-order valence-electron chi connectivity index (χ3n) is 2.49. The summed E-state index contributed by atoms with van der Waals surface area (Å²) in [6, 6.07) is 3.45. The lowest BCUT2D eigenvalue weighted by molar-refractivity contribution is -0.137. The molecule has 0 aliphatic rings. The van der Waals surface area contributed by atoms with Crippen molar-refractivity contribution >= 4 is 11.9 Å². The van der Waals surface area contributed by atoms with Crippen molar-refractivity contribution in [1.29, 1.82) is 0 Å². The summed E-state index contributed by atoms with van der Waals surface area (Å²) >= 11 is 0. The summed E-state index contributed by atoms with van der Waals surface area (Å²) in [5.74, 6) is 0.825. The highest BCUT2D eigenvalue weighted by molar-refractivity contribution is 5.94. The van der Waals surface area contributed by atoms with Crippen LogP contribution in [0.2, 0.25) is 0 Å². The summed E-state index contributed by atoms with van der Waals surface area (Å²) in [5, 5.41) is 8.71. The van der Waals surface area contributed by atoms with Crippen molar-refractivity contribution in [2.75, 3.05) is 13.1 Å². The molecule has 0 aliphatic carbocycles. The number of carbonyl (C=O) groups excluding carboxylic acids is 1. The minimum atomic E-state index is -1.08. The molecule has 0 atom stereocenters. The summed E-state index contributed by atoms with van der Waals surface area (Å²) < 4.78 is 1.70. The molecule has 0 radical (unpaired) electrons. The van der Waals surface area contributed by atoms with Crippen LogP contribution in [0.1, 0.15) is 16.2 Å². The number of carboxylic acids is 1. The van der Waals surface area contributed by atoms with E-state index in [1.54, 1.807) is 23.7 Å². The largest absolute Gasteiger partial charge is 0.480 e. The Balaban J connectivity index is 2.96. The van der Waals surface area contributed by atoms with Gasteiger partial charge in [-0.25, -0.2) is 0 Å². The van der Waals surface area contributed by atoms with Crippen molar-refractivity contribution in [3.05, 3.63) is 23.5 Å². The average molecular weight is 234 g/mol. The van der Waals surface area contributed by atoms with Gasteiger partial charge in [-0.15, -0.1) is 6.42 Å². The van der Waals surface area contributed by atoms with Crippen LogP contribution >= 0.6 is 0 Å². The lowest BCUT2D eigenvalue weighted by Crippen LogP contribution is -2.36. The van der Waals surface area contributed by atoms with Crippen LogP contribution in [-0.2, 0) is 11.8 Å². The number of carbonyl (C=O) groups is 2. The van der Waals surface area contributed by atoms with Crippen LogP contribution < -0.4 is 0 Å². The fourth-order valence-electron chi connectivity index (χ4n) is 1.46. The molecule has 0 saturated carbocycles. The van der Waals surface area contributed by atoms with Gasteiger partial charge in [-0.2, -0.15) is 0 Å². The number of hydrogen-bond donors (Lipinski definition) is 1. The smallest absolute Gasteiger partial charge is 0.323 e. The molecule has 0 bridgehead atoms. The van der Waals surface area contributed by atoms with Crippen LogP contribution in [0.3, 0.4) is 0 Å². The third kappa shape index (κ3) is 2.88. The Labute approximate surface area is 99.6 Å². The molecule has 0 unspecified atom stereocenters. The Hall–Kier alpha value is -2.22. The predicted molar refractivity (Wildman–Crippen MR) is 62.5 cm³/mol. The van der Waals surface area contributed by atoms with E-state index in [1.165, 1.54) is 0 Å². The number of hydrogen-bond acceptors (Lipinski definition) is 2. The minimum absolute atomic E-state index is 0.0185. The fourth-order valence-corrected chi connectivity index (χ4v) is 1.46. The Morgan fingerprint density at radius 1 is 1.53 bits per heavy atom. The van der Waals surface area contributed by atoms with Crippen LogP contribution in [0.25, 0.3) is 0 Å². The number of rotatable bonds is 4.